The van der Waals surface area contributed by atoms with E-state index >= 15 is 0 Å². The highest BCUT2D eigenvalue weighted by molar-refractivity contribution is 5.83. The van der Waals surface area contributed by atoms with Crippen molar-refractivity contribution in [3.63, 3.8) is 0 Å². The first kappa shape index (κ1) is 16.3. The summed E-state index contributed by atoms with van der Waals surface area (Å²) in [6.45, 7) is 0.469. The number of rotatable bonds is 3. The monoisotopic (exact) mass is 364 g/mol. The number of nitrogens with zero attached hydrogens (tertiary/aromatic N) is 4. The third kappa shape index (κ3) is 2.93. The second kappa shape index (κ2) is 6.70. The molecule has 0 radical (unpaired) electrons. The fourth-order valence-electron chi connectivity index (χ4n) is 3.44. The summed E-state index contributed by atoms with van der Waals surface area (Å²) in [5.41, 5.74) is 5.50. The summed E-state index contributed by atoms with van der Waals surface area (Å²) >= 11 is 0. The Morgan fingerprint density at radius 1 is 0.786 bits per heavy atom. The summed E-state index contributed by atoms with van der Waals surface area (Å²) in [6, 6.07) is 20.2. The molecular formula is C23H16N4O. The summed E-state index contributed by atoms with van der Waals surface area (Å²) < 4.78 is 1.72. The normalized spacial score (nSPS) is 11.1. The Balaban J connectivity index is 1.56. The number of benzene rings is 2. The summed E-state index contributed by atoms with van der Waals surface area (Å²) in [4.78, 5) is 25.2. The lowest BCUT2D eigenvalue weighted by atomic mass is 10.0. The van der Waals surface area contributed by atoms with E-state index in [4.69, 9.17) is 0 Å². The van der Waals surface area contributed by atoms with Crippen LogP contribution in [-0.4, -0.2) is 19.5 Å². The fraction of sp³-hybridized carbons (Fsp3) is 0.0435. The Bertz CT molecular complexity index is 1370. The lowest BCUT2D eigenvalue weighted by Gasteiger charge is -2.11. The van der Waals surface area contributed by atoms with E-state index in [1.165, 1.54) is 6.20 Å². The van der Waals surface area contributed by atoms with Crippen LogP contribution < -0.4 is 5.56 Å². The van der Waals surface area contributed by atoms with Crippen molar-refractivity contribution < 1.29 is 0 Å². The zero-order chi connectivity index (χ0) is 18.9. The molecule has 0 saturated heterocycles. The van der Waals surface area contributed by atoms with E-state index in [1.807, 2.05) is 42.6 Å². The van der Waals surface area contributed by atoms with Gasteiger partial charge in [-0.3, -0.25) is 14.8 Å². The molecule has 0 amide bonds. The first-order valence-corrected chi connectivity index (χ1v) is 9.02. The number of fused-ring (bicyclic) bond motifs is 2. The third-order valence-electron chi connectivity index (χ3n) is 4.84. The number of hydrogen-bond donors (Lipinski definition) is 0. The maximum atomic E-state index is 12.4. The van der Waals surface area contributed by atoms with Crippen LogP contribution in [0.15, 0.2) is 90.2 Å². The molecule has 0 fully saturated rings. The second-order valence-corrected chi connectivity index (χ2v) is 6.66. The summed E-state index contributed by atoms with van der Waals surface area (Å²) in [5, 5.41) is 1.11. The molecule has 3 aromatic heterocycles. The van der Waals surface area contributed by atoms with E-state index in [9.17, 15) is 4.79 Å². The number of aromatic nitrogens is 4. The van der Waals surface area contributed by atoms with Crippen molar-refractivity contribution in [1.29, 1.82) is 0 Å². The number of hydrogen-bond acceptors (Lipinski definition) is 4. The highest BCUT2D eigenvalue weighted by atomic mass is 16.1. The highest BCUT2D eigenvalue weighted by Crippen LogP contribution is 2.24. The smallest absolute Gasteiger partial charge is 0.269 e. The van der Waals surface area contributed by atoms with Gasteiger partial charge >= 0.3 is 0 Å². The third-order valence-corrected chi connectivity index (χ3v) is 4.84. The minimum Gasteiger partial charge on any atom is -0.301 e. The van der Waals surface area contributed by atoms with Crippen LogP contribution in [0.4, 0.5) is 0 Å². The van der Waals surface area contributed by atoms with Crippen LogP contribution in [0.2, 0.25) is 0 Å². The molecule has 5 aromatic rings. The lowest BCUT2D eigenvalue weighted by molar-refractivity contribution is 0.786. The molecule has 3 heterocycles. The molecular weight excluding hydrogens is 348 g/mol. The molecule has 134 valence electrons. The van der Waals surface area contributed by atoms with E-state index in [0.717, 1.165) is 33.1 Å². The predicted octanol–water partition coefficient (Wildman–Crippen LogP) is 4.06. The molecule has 0 spiro atoms. The average molecular weight is 364 g/mol. The molecule has 28 heavy (non-hydrogen) atoms. The van der Waals surface area contributed by atoms with E-state index in [1.54, 1.807) is 17.0 Å². The zero-order valence-corrected chi connectivity index (χ0v) is 15.0. The molecule has 2 aromatic carbocycles. The van der Waals surface area contributed by atoms with Gasteiger partial charge in [0.2, 0.25) is 0 Å². The van der Waals surface area contributed by atoms with Gasteiger partial charge < -0.3 is 4.57 Å². The molecule has 0 atom stereocenters. The number of para-hydroxylation sites is 1. The van der Waals surface area contributed by atoms with E-state index in [-0.39, 0.29) is 5.56 Å². The van der Waals surface area contributed by atoms with Gasteiger partial charge in [-0.2, -0.15) is 0 Å². The average Bonchev–Trinajstić information content (AvgIpc) is 2.76. The van der Waals surface area contributed by atoms with E-state index in [2.05, 4.69) is 39.2 Å². The SMILES string of the molecule is O=c1cnc2cnccc2n1Cc1cccc(-c2cnc3ccccc3c2)c1. The maximum absolute atomic E-state index is 12.4. The minimum atomic E-state index is -0.128. The van der Waals surface area contributed by atoms with Crippen molar-refractivity contribution in [3.8, 4) is 11.1 Å². The van der Waals surface area contributed by atoms with Crippen LogP contribution in [0.5, 0.6) is 0 Å². The molecule has 0 aliphatic carbocycles. The van der Waals surface area contributed by atoms with E-state index in [0.29, 0.717) is 12.1 Å². The Kier molecular flexibility index (Phi) is 3.91. The van der Waals surface area contributed by atoms with Crippen LogP contribution in [0.3, 0.4) is 0 Å². The van der Waals surface area contributed by atoms with Crippen LogP contribution in [0.1, 0.15) is 5.56 Å². The summed E-state index contributed by atoms with van der Waals surface area (Å²) in [6.07, 6.45) is 6.59. The van der Waals surface area contributed by atoms with Crippen LogP contribution in [0, 0.1) is 0 Å². The van der Waals surface area contributed by atoms with Crippen molar-refractivity contribution in [2.24, 2.45) is 0 Å². The molecule has 0 N–H and O–H groups in total. The standard InChI is InChI=1S/C23H16N4O/c28-23-14-26-21-13-24-9-8-22(21)27(23)15-16-4-3-6-17(10-16)19-11-18-5-1-2-7-20(18)25-12-19/h1-14H,15H2. The van der Waals surface area contributed by atoms with Crippen molar-refractivity contribution in [3.05, 3.63) is 101 Å². The molecule has 5 heteroatoms. The van der Waals surface area contributed by atoms with Gasteiger partial charge in [0.25, 0.3) is 5.56 Å². The van der Waals surface area contributed by atoms with Crippen LogP contribution >= 0.6 is 0 Å². The molecule has 0 aliphatic heterocycles. The fourth-order valence-corrected chi connectivity index (χ4v) is 3.44. The summed E-state index contributed by atoms with van der Waals surface area (Å²) in [7, 11) is 0. The van der Waals surface area contributed by atoms with Crippen molar-refractivity contribution in [2.45, 2.75) is 6.54 Å². The van der Waals surface area contributed by atoms with Gasteiger partial charge in [-0.1, -0.05) is 36.4 Å². The van der Waals surface area contributed by atoms with Crippen molar-refractivity contribution in [1.82, 2.24) is 19.5 Å². The predicted molar refractivity (Wildman–Crippen MR) is 110 cm³/mol. The second-order valence-electron chi connectivity index (χ2n) is 6.66. The van der Waals surface area contributed by atoms with Gasteiger partial charge in [0.15, 0.2) is 0 Å². The minimum absolute atomic E-state index is 0.128. The van der Waals surface area contributed by atoms with Crippen LogP contribution in [-0.2, 0) is 6.54 Å². The highest BCUT2D eigenvalue weighted by Gasteiger charge is 2.07. The Morgan fingerprint density at radius 2 is 1.68 bits per heavy atom. The van der Waals surface area contributed by atoms with Gasteiger partial charge in [0, 0.05) is 23.3 Å². The van der Waals surface area contributed by atoms with Crippen molar-refractivity contribution in [2.75, 3.05) is 0 Å². The van der Waals surface area contributed by atoms with Gasteiger partial charge in [-0.05, 0) is 35.4 Å². The molecule has 0 saturated carbocycles. The zero-order valence-electron chi connectivity index (χ0n) is 15.0. The lowest BCUT2D eigenvalue weighted by Crippen LogP contribution is -2.21. The van der Waals surface area contributed by atoms with Gasteiger partial charge in [-0.25, -0.2) is 4.98 Å². The first-order valence-electron chi connectivity index (χ1n) is 9.02. The van der Waals surface area contributed by atoms with Crippen molar-refractivity contribution >= 4 is 21.9 Å². The van der Waals surface area contributed by atoms with Gasteiger partial charge in [0.1, 0.15) is 5.52 Å². The molecule has 5 rings (SSSR count). The molecule has 0 bridgehead atoms. The van der Waals surface area contributed by atoms with E-state index < -0.39 is 0 Å². The van der Waals surface area contributed by atoms with Gasteiger partial charge in [-0.15, -0.1) is 0 Å². The number of pyridine rings is 2. The quantitative estimate of drug-likeness (QED) is 0.484. The molecule has 5 nitrogen and oxygen atoms in total. The van der Waals surface area contributed by atoms with Crippen LogP contribution in [0.25, 0.3) is 33.1 Å². The Labute approximate surface area is 161 Å². The largest absolute Gasteiger partial charge is 0.301 e. The first-order chi connectivity index (χ1) is 13.8. The molecule has 0 aliphatic rings. The maximum Gasteiger partial charge on any atom is 0.269 e. The summed E-state index contributed by atoms with van der Waals surface area (Å²) in [5.74, 6) is 0. The molecule has 0 unspecified atom stereocenters. The topological polar surface area (TPSA) is 60.7 Å². The Morgan fingerprint density at radius 3 is 2.64 bits per heavy atom. The van der Waals surface area contributed by atoms with Gasteiger partial charge in [0.05, 0.1) is 30.0 Å². The Hall–Kier alpha value is -3.86.